The van der Waals surface area contributed by atoms with Gasteiger partial charge in [0.05, 0.1) is 11.6 Å². The number of hydrogen-bond acceptors (Lipinski definition) is 4. The minimum absolute atomic E-state index is 0.0925. The molecule has 0 radical (unpaired) electrons. The Labute approximate surface area is 128 Å². The van der Waals surface area contributed by atoms with Crippen molar-refractivity contribution in [3.63, 3.8) is 0 Å². The number of rotatable bonds is 5. The quantitative estimate of drug-likeness (QED) is 0.651. The van der Waals surface area contributed by atoms with Crippen LogP contribution < -0.4 is 5.73 Å². The monoisotopic (exact) mass is 296 g/mol. The number of pyridine rings is 1. The Morgan fingerprint density at radius 3 is 2.95 bits per heavy atom. The van der Waals surface area contributed by atoms with Gasteiger partial charge in [-0.2, -0.15) is 5.26 Å². The predicted molar refractivity (Wildman–Crippen MR) is 88.8 cm³/mol. The number of fused-ring (bicyclic) bond motifs is 1. The second-order valence-electron chi connectivity index (χ2n) is 4.58. The Morgan fingerprint density at radius 1 is 1.43 bits per heavy atom. The van der Waals surface area contributed by atoms with Gasteiger partial charge in [-0.05, 0) is 35.3 Å². The summed E-state index contributed by atoms with van der Waals surface area (Å²) >= 11 is 1.28. The first-order chi connectivity index (χ1) is 10.1. The minimum atomic E-state index is 0.0925. The first kappa shape index (κ1) is 15.1. The summed E-state index contributed by atoms with van der Waals surface area (Å²) in [6, 6.07) is 10.0. The van der Waals surface area contributed by atoms with Gasteiger partial charge in [0, 0.05) is 23.8 Å². The Hall–Kier alpha value is -2.32. The van der Waals surface area contributed by atoms with Gasteiger partial charge in [0.15, 0.2) is 5.17 Å². The van der Waals surface area contributed by atoms with Crippen LogP contribution in [0.5, 0.6) is 0 Å². The third-order valence-electron chi connectivity index (χ3n) is 3.15. The van der Waals surface area contributed by atoms with Crippen molar-refractivity contribution in [1.82, 2.24) is 4.98 Å². The third-order valence-corrected chi connectivity index (χ3v) is 3.91. The summed E-state index contributed by atoms with van der Waals surface area (Å²) in [5.41, 5.74) is 9.36. The van der Waals surface area contributed by atoms with Crippen molar-refractivity contribution in [1.29, 1.82) is 10.7 Å². The first-order valence-corrected chi connectivity index (χ1v) is 7.50. The van der Waals surface area contributed by atoms with Gasteiger partial charge in [0.2, 0.25) is 0 Å². The SMILES string of the molecule is C=C(CCC#N)c1c(CSC(=N)N)ccc2ncccc12. The molecule has 0 aliphatic heterocycles. The molecular formula is C16H16N4S. The zero-order valence-corrected chi connectivity index (χ0v) is 12.4. The largest absolute Gasteiger partial charge is 0.379 e. The molecule has 0 atom stereocenters. The van der Waals surface area contributed by atoms with Gasteiger partial charge in [0.25, 0.3) is 0 Å². The van der Waals surface area contributed by atoms with Crippen molar-refractivity contribution in [2.45, 2.75) is 18.6 Å². The summed E-state index contributed by atoms with van der Waals surface area (Å²) in [4.78, 5) is 4.36. The summed E-state index contributed by atoms with van der Waals surface area (Å²) < 4.78 is 0. The molecule has 3 N–H and O–H groups in total. The predicted octanol–water partition coefficient (Wildman–Crippen LogP) is 3.68. The van der Waals surface area contributed by atoms with Crippen LogP contribution >= 0.6 is 11.8 Å². The molecule has 106 valence electrons. The Balaban J connectivity index is 2.49. The van der Waals surface area contributed by atoms with Crippen molar-refractivity contribution in [3.8, 4) is 6.07 Å². The third kappa shape index (κ3) is 3.61. The second kappa shape index (κ2) is 6.91. The van der Waals surface area contributed by atoms with Crippen LogP contribution in [0.2, 0.25) is 0 Å². The Morgan fingerprint density at radius 2 is 2.24 bits per heavy atom. The normalized spacial score (nSPS) is 10.2. The lowest BCUT2D eigenvalue weighted by atomic mass is 9.94. The fraction of sp³-hybridized carbons (Fsp3) is 0.188. The maximum absolute atomic E-state index is 8.77. The van der Waals surface area contributed by atoms with Gasteiger partial charge in [0.1, 0.15) is 0 Å². The van der Waals surface area contributed by atoms with Gasteiger partial charge < -0.3 is 5.73 Å². The maximum atomic E-state index is 8.77. The van der Waals surface area contributed by atoms with E-state index in [1.165, 1.54) is 11.8 Å². The average molecular weight is 296 g/mol. The minimum Gasteiger partial charge on any atom is -0.379 e. The van der Waals surface area contributed by atoms with Crippen LogP contribution in [0.1, 0.15) is 24.0 Å². The molecule has 21 heavy (non-hydrogen) atoms. The van der Waals surface area contributed by atoms with E-state index >= 15 is 0 Å². The van der Waals surface area contributed by atoms with E-state index in [0.29, 0.717) is 18.6 Å². The molecule has 2 aromatic rings. The van der Waals surface area contributed by atoms with E-state index in [-0.39, 0.29) is 5.17 Å². The fourth-order valence-electron chi connectivity index (χ4n) is 2.22. The van der Waals surface area contributed by atoms with Crippen molar-refractivity contribution in [2.75, 3.05) is 0 Å². The van der Waals surface area contributed by atoms with Gasteiger partial charge in [-0.25, -0.2) is 0 Å². The second-order valence-corrected chi connectivity index (χ2v) is 5.60. The van der Waals surface area contributed by atoms with E-state index in [2.05, 4.69) is 17.6 Å². The molecule has 1 aromatic heterocycles. The molecule has 4 nitrogen and oxygen atoms in total. The van der Waals surface area contributed by atoms with E-state index in [0.717, 1.165) is 27.6 Å². The number of amidine groups is 1. The fourth-order valence-corrected chi connectivity index (χ4v) is 2.77. The number of hydrogen-bond donors (Lipinski definition) is 2. The molecular weight excluding hydrogens is 280 g/mol. The van der Waals surface area contributed by atoms with E-state index in [1.54, 1.807) is 6.20 Å². The van der Waals surface area contributed by atoms with Crippen LogP contribution in [-0.2, 0) is 5.75 Å². The van der Waals surface area contributed by atoms with Crippen molar-refractivity contribution in [3.05, 3.63) is 48.2 Å². The van der Waals surface area contributed by atoms with Crippen molar-refractivity contribution in [2.24, 2.45) is 5.73 Å². The van der Waals surface area contributed by atoms with Gasteiger partial charge in [-0.3, -0.25) is 10.4 Å². The van der Waals surface area contributed by atoms with E-state index < -0.39 is 0 Å². The molecule has 5 heteroatoms. The van der Waals surface area contributed by atoms with Crippen LogP contribution in [-0.4, -0.2) is 10.2 Å². The number of nitrogens with one attached hydrogen (secondary N) is 1. The highest BCUT2D eigenvalue weighted by molar-refractivity contribution is 8.13. The number of nitriles is 1. The average Bonchev–Trinajstić information content (AvgIpc) is 2.49. The summed E-state index contributed by atoms with van der Waals surface area (Å²) in [7, 11) is 0. The van der Waals surface area contributed by atoms with Crippen LogP contribution in [0, 0.1) is 16.7 Å². The number of allylic oxidation sites excluding steroid dienone is 1. The highest BCUT2D eigenvalue weighted by atomic mass is 32.2. The molecule has 0 aliphatic rings. The molecule has 0 aliphatic carbocycles. The molecule has 0 bridgehead atoms. The molecule has 1 aromatic carbocycles. The van der Waals surface area contributed by atoms with Gasteiger partial charge in [-0.15, -0.1) is 0 Å². The smallest absolute Gasteiger partial charge is 0.151 e. The Bertz CT molecular complexity index is 731. The van der Waals surface area contributed by atoms with E-state index in [1.807, 2.05) is 24.3 Å². The lowest BCUT2D eigenvalue weighted by Crippen LogP contribution is -2.05. The molecule has 0 saturated carbocycles. The zero-order valence-electron chi connectivity index (χ0n) is 11.6. The van der Waals surface area contributed by atoms with Crippen LogP contribution in [0.15, 0.2) is 37.0 Å². The molecule has 0 amide bonds. The van der Waals surface area contributed by atoms with E-state index in [4.69, 9.17) is 16.4 Å². The topological polar surface area (TPSA) is 86.5 Å². The van der Waals surface area contributed by atoms with Crippen molar-refractivity contribution >= 4 is 33.4 Å². The molecule has 0 spiro atoms. The first-order valence-electron chi connectivity index (χ1n) is 6.52. The standard InChI is InChI=1S/C16H16N4S/c1-11(4-2-8-17)15-12(10-21-16(18)19)6-7-14-13(15)5-3-9-20-14/h3,5-7,9H,1-2,4,10H2,(H3,18,19). The molecule has 1 heterocycles. The summed E-state index contributed by atoms with van der Waals surface area (Å²) in [6.07, 6.45) is 2.82. The number of nitrogens with two attached hydrogens (primary N) is 1. The molecule has 2 rings (SSSR count). The van der Waals surface area contributed by atoms with Gasteiger partial charge in [-0.1, -0.05) is 30.5 Å². The van der Waals surface area contributed by atoms with Gasteiger partial charge >= 0.3 is 0 Å². The summed E-state index contributed by atoms with van der Waals surface area (Å²) in [6.45, 7) is 4.13. The molecule has 0 saturated heterocycles. The highest BCUT2D eigenvalue weighted by Crippen LogP contribution is 2.31. The highest BCUT2D eigenvalue weighted by Gasteiger charge is 2.12. The lowest BCUT2D eigenvalue weighted by Gasteiger charge is -2.14. The van der Waals surface area contributed by atoms with E-state index in [9.17, 15) is 0 Å². The number of thioether (sulfide) groups is 1. The lowest BCUT2D eigenvalue weighted by molar-refractivity contribution is 1.08. The van der Waals surface area contributed by atoms with Crippen LogP contribution in [0.25, 0.3) is 16.5 Å². The molecule has 0 fully saturated rings. The number of benzene rings is 1. The van der Waals surface area contributed by atoms with Crippen molar-refractivity contribution < 1.29 is 0 Å². The maximum Gasteiger partial charge on any atom is 0.151 e. The number of nitrogens with zero attached hydrogens (tertiary/aromatic N) is 2. The Kier molecular flexibility index (Phi) is 4.96. The molecule has 0 unspecified atom stereocenters. The van der Waals surface area contributed by atoms with Crippen LogP contribution in [0.3, 0.4) is 0 Å². The zero-order chi connectivity index (χ0) is 15.2. The summed E-state index contributed by atoms with van der Waals surface area (Å²) in [5.74, 6) is 0.612. The summed E-state index contributed by atoms with van der Waals surface area (Å²) in [5, 5.41) is 17.2. The number of aromatic nitrogens is 1. The van der Waals surface area contributed by atoms with Crippen LogP contribution in [0.4, 0.5) is 0 Å².